The number of hydrazine groups is 1. The average Bonchev–Trinajstić information content (AvgIpc) is 3.60. The molecule has 190 valence electrons. The molecule has 0 radical (unpaired) electrons. The third-order valence-corrected chi connectivity index (χ3v) is 7.17. The summed E-state index contributed by atoms with van der Waals surface area (Å²) < 4.78 is 15.1. The van der Waals surface area contributed by atoms with Crippen LogP contribution in [0.1, 0.15) is 36.7 Å². The molecule has 2 aromatic carbocycles. The summed E-state index contributed by atoms with van der Waals surface area (Å²) in [6.07, 6.45) is 4.29. The second-order valence-electron chi connectivity index (χ2n) is 9.32. The van der Waals surface area contributed by atoms with Crippen LogP contribution in [0.3, 0.4) is 0 Å². The number of benzene rings is 2. The number of nitrogens with two attached hydrogens (primary N) is 1. The van der Waals surface area contributed by atoms with Gasteiger partial charge in [0.05, 0.1) is 25.3 Å². The Morgan fingerprint density at radius 3 is 2.75 bits per heavy atom. The number of hydrogen-bond acceptors (Lipinski definition) is 7. The lowest BCUT2D eigenvalue weighted by atomic mass is 9.92. The Labute approximate surface area is 220 Å². The number of aromatic nitrogens is 1. The molecule has 3 heterocycles. The van der Waals surface area contributed by atoms with Gasteiger partial charge in [-0.25, -0.2) is 4.79 Å². The quantitative estimate of drug-likeness (QED) is 0.217. The fourth-order valence-electron chi connectivity index (χ4n) is 4.37. The molecule has 10 heteroatoms. The maximum atomic E-state index is 13.1. The van der Waals surface area contributed by atoms with Crippen molar-refractivity contribution in [3.8, 4) is 5.75 Å². The SMILES string of the molecule is CC(C)COC(=O)N1CCc2c([nH]c3ccc(Cl)cc23)C1c1ccc(OCCN(N)SN2C=C2)cc1. The molecule has 1 aromatic heterocycles. The summed E-state index contributed by atoms with van der Waals surface area (Å²) in [5.41, 5.74) is 4.17. The molecule has 3 aromatic rings. The predicted molar refractivity (Wildman–Crippen MR) is 143 cm³/mol. The molecule has 2 aliphatic heterocycles. The van der Waals surface area contributed by atoms with Gasteiger partial charge < -0.3 is 14.5 Å². The highest BCUT2D eigenvalue weighted by atomic mass is 35.5. The average molecular weight is 528 g/mol. The topological polar surface area (TPSA) is 86.8 Å². The van der Waals surface area contributed by atoms with E-state index in [1.54, 1.807) is 4.41 Å². The van der Waals surface area contributed by atoms with Crippen molar-refractivity contribution in [2.45, 2.75) is 26.3 Å². The number of aromatic amines is 1. The third-order valence-electron chi connectivity index (χ3n) is 6.11. The van der Waals surface area contributed by atoms with Crippen LogP contribution in [0, 0.1) is 5.92 Å². The molecule has 36 heavy (non-hydrogen) atoms. The monoisotopic (exact) mass is 527 g/mol. The summed E-state index contributed by atoms with van der Waals surface area (Å²) in [5.74, 6) is 6.96. The van der Waals surface area contributed by atoms with Crippen molar-refractivity contribution < 1.29 is 14.3 Å². The second kappa shape index (κ2) is 10.6. The molecule has 3 N–H and O–H groups in total. The van der Waals surface area contributed by atoms with Gasteiger partial charge in [-0.2, -0.15) is 4.41 Å². The van der Waals surface area contributed by atoms with E-state index in [1.807, 2.05) is 77.9 Å². The number of fused-ring (bicyclic) bond motifs is 3. The zero-order valence-electron chi connectivity index (χ0n) is 20.3. The van der Waals surface area contributed by atoms with E-state index in [-0.39, 0.29) is 18.1 Å². The normalized spacial score (nSPS) is 16.7. The maximum absolute atomic E-state index is 13.1. The molecular weight excluding hydrogens is 498 g/mol. The molecule has 0 fully saturated rings. The molecule has 0 saturated carbocycles. The molecular formula is C26H30ClN5O3S. The summed E-state index contributed by atoms with van der Waals surface area (Å²) in [7, 11) is 0. The first-order chi connectivity index (χ1) is 17.4. The van der Waals surface area contributed by atoms with Gasteiger partial charge in [-0.3, -0.25) is 15.0 Å². The Kier molecular flexibility index (Phi) is 7.34. The van der Waals surface area contributed by atoms with Gasteiger partial charge in [-0.1, -0.05) is 37.6 Å². The maximum Gasteiger partial charge on any atom is 0.410 e. The minimum atomic E-state index is -0.308. The number of rotatable bonds is 9. The number of ether oxygens (including phenoxy) is 2. The van der Waals surface area contributed by atoms with Crippen molar-refractivity contribution in [1.82, 2.24) is 18.6 Å². The lowest BCUT2D eigenvalue weighted by Crippen LogP contribution is -2.41. The third kappa shape index (κ3) is 5.59. The van der Waals surface area contributed by atoms with Crippen molar-refractivity contribution >= 4 is 40.7 Å². The lowest BCUT2D eigenvalue weighted by Gasteiger charge is -2.35. The van der Waals surface area contributed by atoms with Crippen LogP contribution in [0.25, 0.3) is 10.9 Å². The number of carbonyl (C=O) groups excluding carboxylic acids is 1. The molecule has 8 nitrogen and oxygen atoms in total. The molecule has 1 amide bonds. The smallest absolute Gasteiger partial charge is 0.410 e. The number of nitrogens with one attached hydrogen (secondary N) is 1. The van der Waals surface area contributed by atoms with Gasteiger partial charge in [0.2, 0.25) is 0 Å². The molecule has 0 spiro atoms. The van der Waals surface area contributed by atoms with Crippen molar-refractivity contribution in [2.75, 3.05) is 26.3 Å². The van der Waals surface area contributed by atoms with Gasteiger partial charge in [-0.05, 0) is 53.8 Å². The van der Waals surface area contributed by atoms with Gasteiger partial charge in [0.1, 0.15) is 18.4 Å². The molecule has 0 bridgehead atoms. The van der Waals surface area contributed by atoms with Crippen molar-refractivity contribution in [1.29, 1.82) is 0 Å². The van der Waals surface area contributed by atoms with E-state index in [0.29, 0.717) is 31.3 Å². The van der Waals surface area contributed by atoms with Crippen LogP contribution < -0.4 is 10.6 Å². The van der Waals surface area contributed by atoms with E-state index in [9.17, 15) is 4.79 Å². The van der Waals surface area contributed by atoms with Crippen molar-refractivity contribution in [3.63, 3.8) is 0 Å². The largest absolute Gasteiger partial charge is 0.492 e. The zero-order valence-corrected chi connectivity index (χ0v) is 21.9. The van der Waals surface area contributed by atoms with E-state index in [2.05, 4.69) is 4.98 Å². The minimum Gasteiger partial charge on any atom is -0.492 e. The lowest BCUT2D eigenvalue weighted by molar-refractivity contribution is 0.0797. The van der Waals surface area contributed by atoms with Crippen molar-refractivity contribution in [2.24, 2.45) is 11.8 Å². The second-order valence-corrected chi connectivity index (χ2v) is 10.8. The molecule has 5 rings (SSSR count). The number of amides is 1. The fourth-order valence-corrected chi connectivity index (χ4v) is 5.10. The van der Waals surface area contributed by atoms with Gasteiger partial charge >= 0.3 is 6.09 Å². The van der Waals surface area contributed by atoms with E-state index in [0.717, 1.165) is 34.3 Å². The Morgan fingerprint density at radius 1 is 1.25 bits per heavy atom. The van der Waals surface area contributed by atoms with E-state index < -0.39 is 0 Å². The first-order valence-electron chi connectivity index (χ1n) is 12.0. The van der Waals surface area contributed by atoms with Crippen LogP contribution >= 0.6 is 23.7 Å². The van der Waals surface area contributed by atoms with Crippen LogP contribution in [0.2, 0.25) is 5.02 Å². The van der Waals surface area contributed by atoms with Crippen LogP contribution in [-0.4, -0.2) is 51.0 Å². The molecule has 0 saturated heterocycles. The molecule has 1 unspecified atom stereocenters. The summed E-state index contributed by atoms with van der Waals surface area (Å²) in [6.45, 7) is 6.03. The van der Waals surface area contributed by atoms with Gasteiger partial charge in [0.15, 0.2) is 0 Å². The van der Waals surface area contributed by atoms with Gasteiger partial charge in [0, 0.05) is 40.6 Å². The summed E-state index contributed by atoms with van der Waals surface area (Å²) in [6, 6.07) is 13.4. The summed E-state index contributed by atoms with van der Waals surface area (Å²) in [4.78, 5) is 18.5. The van der Waals surface area contributed by atoms with Crippen molar-refractivity contribution in [3.05, 3.63) is 76.7 Å². The van der Waals surface area contributed by atoms with E-state index >= 15 is 0 Å². The van der Waals surface area contributed by atoms with Crippen LogP contribution in [-0.2, 0) is 11.2 Å². The molecule has 2 aliphatic rings. The Bertz CT molecular complexity index is 1260. The highest BCUT2D eigenvalue weighted by Crippen LogP contribution is 2.39. The zero-order chi connectivity index (χ0) is 25.2. The first-order valence-corrected chi connectivity index (χ1v) is 13.1. The predicted octanol–water partition coefficient (Wildman–Crippen LogP) is 5.47. The number of carbonyl (C=O) groups is 1. The van der Waals surface area contributed by atoms with Gasteiger partial charge in [-0.15, -0.1) is 0 Å². The minimum absolute atomic E-state index is 0.264. The summed E-state index contributed by atoms with van der Waals surface area (Å²) >= 11 is 7.72. The first kappa shape index (κ1) is 24.8. The standard InChI is InChI=1S/C26H30ClN5O3S/c1-17(2)16-35-26(33)31-10-9-21-22-15-19(27)5-8-23(22)29-24(21)25(31)18-3-6-20(7-4-18)34-14-13-32(28)36-30-11-12-30/h3-8,11-12,15,17,25,29H,9-10,13-14,16,28H2,1-2H3. The van der Waals surface area contributed by atoms with E-state index in [4.69, 9.17) is 26.9 Å². The Balaban J connectivity index is 1.37. The number of halogens is 1. The van der Waals surface area contributed by atoms with Crippen LogP contribution in [0.4, 0.5) is 4.79 Å². The Hall–Kier alpha value is -2.85. The Morgan fingerprint density at radius 2 is 2.03 bits per heavy atom. The van der Waals surface area contributed by atoms with Crippen LogP contribution in [0.5, 0.6) is 5.75 Å². The molecule has 0 aliphatic carbocycles. The van der Waals surface area contributed by atoms with Gasteiger partial charge in [0.25, 0.3) is 0 Å². The fraction of sp³-hybridized carbons (Fsp3) is 0.346. The highest BCUT2D eigenvalue weighted by molar-refractivity contribution is 7.95. The number of nitrogens with zero attached hydrogens (tertiary/aromatic N) is 3. The van der Waals surface area contributed by atoms with E-state index in [1.165, 1.54) is 17.7 Å². The number of H-pyrrole nitrogens is 1. The van der Waals surface area contributed by atoms with Crippen LogP contribution in [0.15, 0.2) is 54.9 Å². The highest BCUT2D eigenvalue weighted by Gasteiger charge is 2.35. The summed E-state index contributed by atoms with van der Waals surface area (Å²) in [5, 5.41) is 1.79. The number of hydrogen-bond donors (Lipinski definition) is 2. The molecule has 1 atom stereocenters.